The van der Waals surface area contributed by atoms with Crippen LogP contribution >= 0.6 is 0 Å². The first-order chi connectivity index (χ1) is 25.3. The van der Waals surface area contributed by atoms with Crippen molar-refractivity contribution in [2.75, 3.05) is 13.2 Å². The normalized spacial score (nSPS) is 15.7. The van der Waals surface area contributed by atoms with Gasteiger partial charge in [0, 0.05) is 0 Å². The summed E-state index contributed by atoms with van der Waals surface area (Å²) in [5.41, 5.74) is -0.352. The minimum Gasteiger partial charge on any atom is -0.458 e. The predicted molar refractivity (Wildman–Crippen MR) is 204 cm³/mol. The SMILES string of the molecule is CC(C)COC(=O)N[C@H](C(=O)N[C@@H](CC(C)C)C(=O)NC(CC(C)C)C(=O)C(=O)NCC(=O)N[C@H](C(=O)OC(C)(C)C)c1ccccc1)C1CCCCC1. The molecule has 1 aromatic carbocycles. The zero-order valence-electron chi connectivity index (χ0n) is 33.5. The largest absolute Gasteiger partial charge is 0.458 e. The van der Waals surface area contributed by atoms with Crippen LogP contribution in [0, 0.1) is 23.7 Å². The molecule has 0 saturated heterocycles. The van der Waals surface area contributed by atoms with Gasteiger partial charge in [0.05, 0.1) is 19.2 Å². The van der Waals surface area contributed by atoms with Crippen molar-refractivity contribution in [2.24, 2.45) is 23.7 Å². The Bertz CT molecular complexity index is 1420. The van der Waals surface area contributed by atoms with Crippen molar-refractivity contribution in [3.8, 4) is 0 Å². The molecule has 0 heterocycles. The van der Waals surface area contributed by atoms with Crippen LogP contribution in [0.25, 0.3) is 0 Å². The molecule has 1 aliphatic rings. The Balaban J connectivity index is 2.17. The van der Waals surface area contributed by atoms with E-state index in [2.05, 4.69) is 26.6 Å². The van der Waals surface area contributed by atoms with Crippen LogP contribution in [0.5, 0.6) is 0 Å². The zero-order chi connectivity index (χ0) is 40.6. The van der Waals surface area contributed by atoms with E-state index in [9.17, 15) is 33.6 Å². The van der Waals surface area contributed by atoms with Gasteiger partial charge in [-0.1, -0.05) is 91.1 Å². The maximum atomic E-state index is 13.8. The van der Waals surface area contributed by atoms with Gasteiger partial charge in [-0.15, -0.1) is 0 Å². The Hall–Kier alpha value is -4.49. The maximum Gasteiger partial charge on any atom is 0.407 e. The molecule has 0 spiro atoms. The first-order valence-electron chi connectivity index (χ1n) is 19.2. The number of ketones is 1. The molecule has 1 unspecified atom stereocenters. The minimum atomic E-state index is -1.26. The third-order valence-electron chi connectivity index (χ3n) is 8.62. The number of hydrogen-bond acceptors (Lipinski definition) is 9. The number of ether oxygens (including phenoxy) is 2. The first kappa shape index (κ1) is 45.7. The zero-order valence-corrected chi connectivity index (χ0v) is 33.5. The van der Waals surface area contributed by atoms with E-state index < -0.39 is 77.8 Å². The molecular weight excluding hydrogens is 694 g/mol. The standard InChI is InChI=1S/C40H63N5O9/c1-24(2)20-29(34(47)37(50)41-22-31(46)44-33(28-18-14-11-15-19-28)38(51)54-40(7,8)9)42-35(48)30(21-25(3)4)43-36(49)32(27-16-12-10-13-17-27)45-39(52)53-23-26(5)6/h11,14-15,18-19,24-27,29-30,32-33H,10,12-13,16-17,20-23H2,1-9H3,(H,41,50)(H,42,48)(H,43,49)(H,44,46)(H,45,52)/t29?,30-,32-,33-/m0/s1. The Kier molecular flexibility index (Phi) is 18.6. The maximum absolute atomic E-state index is 13.8. The number of benzene rings is 1. The highest BCUT2D eigenvalue weighted by Crippen LogP contribution is 2.27. The monoisotopic (exact) mass is 757 g/mol. The van der Waals surface area contributed by atoms with Gasteiger partial charge in [0.2, 0.25) is 23.5 Å². The van der Waals surface area contributed by atoms with Crippen LogP contribution in [0.3, 0.4) is 0 Å². The highest BCUT2D eigenvalue weighted by atomic mass is 16.6. The van der Waals surface area contributed by atoms with Gasteiger partial charge in [0.25, 0.3) is 5.91 Å². The number of carbonyl (C=O) groups excluding carboxylic acids is 7. The summed E-state index contributed by atoms with van der Waals surface area (Å²) in [5.74, 6) is -4.89. The van der Waals surface area contributed by atoms with Crippen molar-refractivity contribution in [3.05, 3.63) is 35.9 Å². The molecule has 1 aromatic rings. The third kappa shape index (κ3) is 16.7. The quantitative estimate of drug-likeness (QED) is 0.101. The Morgan fingerprint density at radius 1 is 0.722 bits per heavy atom. The summed E-state index contributed by atoms with van der Waals surface area (Å²) in [5, 5.41) is 13.1. The molecule has 0 bridgehead atoms. The third-order valence-corrected chi connectivity index (χ3v) is 8.62. The van der Waals surface area contributed by atoms with Gasteiger partial charge in [-0.3, -0.25) is 24.0 Å². The molecule has 0 aromatic heterocycles. The summed E-state index contributed by atoms with van der Waals surface area (Å²) < 4.78 is 10.8. The van der Waals surface area contributed by atoms with Gasteiger partial charge in [-0.2, -0.15) is 0 Å². The number of alkyl carbamates (subject to hydrolysis) is 1. The molecule has 0 aliphatic heterocycles. The number of hydrogen-bond donors (Lipinski definition) is 5. The van der Waals surface area contributed by atoms with Gasteiger partial charge >= 0.3 is 12.1 Å². The molecule has 5 N–H and O–H groups in total. The van der Waals surface area contributed by atoms with Crippen molar-refractivity contribution >= 4 is 41.5 Å². The fourth-order valence-electron chi connectivity index (χ4n) is 6.12. The molecule has 1 aliphatic carbocycles. The van der Waals surface area contributed by atoms with E-state index in [1.54, 1.807) is 51.1 Å². The van der Waals surface area contributed by atoms with Gasteiger partial charge in [-0.05, 0) is 75.7 Å². The summed E-state index contributed by atoms with van der Waals surface area (Å²) in [6, 6.07) is 4.06. The highest BCUT2D eigenvalue weighted by molar-refractivity contribution is 6.38. The minimum absolute atomic E-state index is 0.0420. The van der Waals surface area contributed by atoms with Crippen molar-refractivity contribution in [3.63, 3.8) is 0 Å². The fraction of sp³-hybridized carbons (Fsp3) is 0.675. The van der Waals surface area contributed by atoms with Crippen LogP contribution in [-0.4, -0.2) is 78.4 Å². The summed E-state index contributed by atoms with van der Waals surface area (Å²) in [7, 11) is 0. The molecule has 54 heavy (non-hydrogen) atoms. The van der Waals surface area contributed by atoms with Crippen molar-refractivity contribution < 1.29 is 43.0 Å². The van der Waals surface area contributed by atoms with E-state index in [4.69, 9.17) is 9.47 Å². The van der Waals surface area contributed by atoms with Crippen LogP contribution in [-0.2, 0) is 38.2 Å². The molecule has 2 rings (SSSR count). The number of carbonyl (C=O) groups is 7. The average molecular weight is 758 g/mol. The second kappa shape index (κ2) is 22.0. The lowest BCUT2D eigenvalue weighted by Crippen LogP contribution is -2.58. The Morgan fingerprint density at radius 3 is 1.85 bits per heavy atom. The molecule has 14 heteroatoms. The second-order valence-corrected chi connectivity index (χ2v) is 16.4. The van der Waals surface area contributed by atoms with E-state index in [0.717, 1.165) is 32.1 Å². The van der Waals surface area contributed by atoms with Crippen molar-refractivity contribution in [2.45, 2.75) is 137 Å². The van der Waals surface area contributed by atoms with Gasteiger partial charge < -0.3 is 36.1 Å². The lowest BCUT2D eigenvalue weighted by Gasteiger charge is -2.31. The van der Waals surface area contributed by atoms with E-state index in [1.165, 1.54) is 0 Å². The second-order valence-electron chi connectivity index (χ2n) is 16.4. The van der Waals surface area contributed by atoms with Crippen LogP contribution in [0.1, 0.15) is 119 Å². The molecule has 1 fully saturated rings. The summed E-state index contributed by atoms with van der Waals surface area (Å²) in [6.45, 7) is 15.9. The van der Waals surface area contributed by atoms with Crippen molar-refractivity contribution in [1.82, 2.24) is 26.6 Å². The molecule has 1 saturated carbocycles. The molecule has 4 atom stereocenters. The van der Waals surface area contributed by atoms with Crippen LogP contribution in [0.2, 0.25) is 0 Å². The summed E-state index contributed by atoms with van der Waals surface area (Å²) >= 11 is 0. The number of nitrogens with one attached hydrogen (secondary N) is 5. The van der Waals surface area contributed by atoms with Crippen LogP contribution in [0.15, 0.2) is 30.3 Å². The number of esters is 1. The lowest BCUT2D eigenvalue weighted by molar-refractivity contribution is -0.158. The molecular formula is C40H63N5O9. The van der Waals surface area contributed by atoms with Gasteiger partial charge in [0.15, 0.2) is 6.04 Å². The average Bonchev–Trinajstić information content (AvgIpc) is 3.09. The highest BCUT2D eigenvalue weighted by Gasteiger charge is 2.36. The van der Waals surface area contributed by atoms with E-state index in [1.807, 2.05) is 41.5 Å². The molecule has 14 nitrogen and oxygen atoms in total. The van der Waals surface area contributed by atoms with E-state index in [0.29, 0.717) is 5.56 Å². The van der Waals surface area contributed by atoms with Crippen LogP contribution in [0.4, 0.5) is 4.79 Å². The first-order valence-corrected chi connectivity index (χ1v) is 19.2. The Morgan fingerprint density at radius 2 is 1.30 bits per heavy atom. The van der Waals surface area contributed by atoms with Crippen LogP contribution < -0.4 is 26.6 Å². The number of rotatable bonds is 19. The lowest BCUT2D eigenvalue weighted by atomic mass is 9.83. The van der Waals surface area contributed by atoms with Crippen molar-refractivity contribution in [1.29, 1.82) is 0 Å². The predicted octanol–water partition coefficient (Wildman–Crippen LogP) is 4.26. The molecule has 302 valence electrons. The fourth-order valence-corrected chi connectivity index (χ4v) is 6.12. The summed E-state index contributed by atoms with van der Waals surface area (Å²) in [4.78, 5) is 92.7. The Labute approximate surface area is 320 Å². The van der Waals surface area contributed by atoms with E-state index in [-0.39, 0.29) is 43.1 Å². The molecule has 0 radical (unpaired) electrons. The topological polar surface area (TPSA) is 198 Å². The van der Waals surface area contributed by atoms with Gasteiger partial charge in [0.1, 0.15) is 17.7 Å². The number of amides is 5. The van der Waals surface area contributed by atoms with E-state index >= 15 is 0 Å². The summed E-state index contributed by atoms with van der Waals surface area (Å²) in [6.07, 6.45) is 3.94. The van der Waals surface area contributed by atoms with Gasteiger partial charge in [-0.25, -0.2) is 9.59 Å². The number of Topliss-reactive ketones (excluding diaryl/α,β-unsaturated/α-hetero) is 1. The smallest absolute Gasteiger partial charge is 0.407 e. The molecule has 5 amide bonds.